The number of para-hydroxylation sites is 3. The van der Waals surface area contributed by atoms with Crippen molar-refractivity contribution in [2.75, 3.05) is 23.8 Å². The van der Waals surface area contributed by atoms with Crippen molar-refractivity contribution in [2.45, 2.75) is 6.42 Å². The molecule has 0 radical (unpaired) electrons. The molecule has 1 saturated carbocycles. The maximum atomic E-state index is 12.8. The normalized spacial score (nSPS) is 26.2. The number of carbonyl (C=O) groups is 3. The van der Waals surface area contributed by atoms with Crippen LogP contribution in [0.1, 0.15) is 6.42 Å². The van der Waals surface area contributed by atoms with Crippen molar-refractivity contribution < 1.29 is 14.4 Å². The van der Waals surface area contributed by atoms with Crippen molar-refractivity contribution >= 4 is 34.8 Å². The highest BCUT2D eigenvalue weighted by atomic mass is 16.2. The number of imide groups is 1. The van der Waals surface area contributed by atoms with Crippen molar-refractivity contribution in [3.63, 3.8) is 0 Å². The molecule has 2 fully saturated rings. The first-order valence-electron chi connectivity index (χ1n) is 10.3. The molecule has 6 heteroatoms. The molecular weight excluding hydrogens is 378 g/mol. The van der Waals surface area contributed by atoms with E-state index < -0.39 is 0 Å². The molecule has 2 bridgehead atoms. The first kappa shape index (κ1) is 18.6. The van der Waals surface area contributed by atoms with Gasteiger partial charge in [0, 0.05) is 12.7 Å². The SMILES string of the molecule is CN(c1ccccc1)c1ccccc1NC(=O)CN1C(=O)[C@H]2[C@H](C1=O)[C@H]1C=C[C@H]2C1. The fourth-order valence-electron chi connectivity index (χ4n) is 5.12. The van der Waals surface area contributed by atoms with Gasteiger partial charge in [0.1, 0.15) is 6.54 Å². The van der Waals surface area contributed by atoms with E-state index in [0.29, 0.717) is 5.69 Å². The van der Waals surface area contributed by atoms with Gasteiger partial charge in [0.25, 0.3) is 0 Å². The van der Waals surface area contributed by atoms with Gasteiger partial charge in [-0.3, -0.25) is 19.3 Å². The minimum absolute atomic E-state index is 0.143. The lowest BCUT2D eigenvalue weighted by Gasteiger charge is -2.23. The summed E-state index contributed by atoms with van der Waals surface area (Å²) in [5.41, 5.74) is 2.45. The molecule has 6 nitrogen and oxygen atoms in total. The summed E-state index contributed by atoms with van der Waals surface area (Å²) in [6, 6.07) is 17.3. The molecule has 4 atom stereocenters. The van der Waals surface area contributed by atoms with E-state index in [4.69, 9.17) is 0 Å². The van der Waals surface area contributed by atoms with E-state index in [1.807, 2.05) is 66.5 Å². The van der Waals surface area contributed by atoms with Gasteiger partial charge in [-0.15, -0.1) is 0 Å². The third-order valence-corrected chi connectivity index (χ3v) is 6.55. The third kappa shape index (κ3) is 2.91. The molecule has 152 valence electrons. The number of hydrogen-bond donors (Lipinski definition) is 1. The molecule has 0 aromatic heterocycles. The van der Waals surface area contributed by atoms with Crippen LogP contribution >= 0.6 is 0 Å². The Bertz CT molecular complexity index is 1020. The van der Waals surface area contributed by atoms with Crippen molar-refractivity contribution in [2.24, 2.45) is 23.7 Å². The molecule has 5 rings (SSSR count). The van der Waals surface area contributed by atoms with E-state index in [0.717, 1.165) is 22.7 Å². The fraction of sp³-hybridized carbons (Fsp3) is 0.292. The number of fused-ring (bicyclic) bond motifs is 5. The van der Waals surface area contributed by atoms with Crippen LogP contribution in [-0.2, 0) is 14.4 Å². The van der Waals surface area contributed by atoms with Crippen LogP contribution in [0, 0.1) is 23.7 Å². The van der Waals surface area contributed by atoms with Crippen molar-refractivity contribution in [3.8, 4) is 0 Å². The Morgan fingerprint density at radius 1 is 0.967 bits per heavy atom. The second kappa shape index (κ2) is 7.13. The Labute approximate surface area is 175 Å². The molecule has 1 saturated heterocycles. The first-order chi connectivity index (χ1) is 14.5. The Morgan fingerprint density at radius 3 is 2.23 bits per heavy atom. The van der Waals surface area contributed by atoms with Crippen LogP contribution in [0.25, 0.3) is 0 Å². The maximum Gasteiger partial charge on any atom is 0.244 e. The summed E-state index contributed by atoms with van der Waals surface area (Å²) in [6.07, 6.45) is 4.98. The minimum Gasteiger partial charge on any atom is -0.343 e. The van der Waals surface area contributed by atoms with Crippen LogP contribution in [-0.4, -0.2) is 36.2 Å². The van der Waals surface area contributed by atoms with Gasteiger partial charge >= 0.3 is 0 Å². The van der Waals surface area contributed by atoms with Crippen LogP contribution in [0.5, 0.6) is 0 Å². The second-order valence-electron chi connectivity index (χ2n) is 8.22. The van der Waals surface area contributed by atoms with Gasteiger partial charge in [-0.25, -0.2) is 0 Å². The molecule has 2 aromatic carbocycles. The number of amides is 3. The highest BCUT2D eigenvalue weighted by Crippen LogP contribution is 2.52. The average molecular weight is 401 g/mol. The molecule has 3 amide bonds. The summed E-state index contributed by atoms with van der Waals surface area (Å²) in [6.45, 7) is -0.243. The zero-order valence-corrected chi connectivity index (χ0v) is 16.7. The summed E-state index contributed by atoms with van der Waals surface area (Å²) in [5.74, 6) is -1.05. The van der Waals surface area contributed by atoms with Gasteiger partial charge < -0.3 is 10.2 Å². The number of allylic oxidation sites excluding steroid dienone is 2. The molecule has 1 aliphatic heterocycles. The monoisotopic (exact) mass is 401 g/mol. The number of nitrogens with zero attached hydrogens (tertiary/aromatic N) is 2. The van der Waals surface area contributed by atoms with Gasteiger partial charge in [-0.05, 0) is 42.5 Å². The first-order valence-corrected chi connectivity index (χ1v) is 10.3. The molecule has 1 heterocycles. The number of nitrogens with one attached hydrogen (secondary N) is 1. The van der Waals surface area contributed by atoms with Crippen LogP contribution in [0.4, 0.5) is 17.1 Å². The van der Waals surface area contributed by atoms with Gasteiger partial charge in [-0.1, -0.05) is 42.5 Å². The molecular formula is C24H23N3O3. The lowest BCUT2D eigenvalue weighted by Crippen LogP contribution is -2.39. The number of carbonyl (C=O) groups excluding carboxylic acids is 3. The standard InChI is InChI=1S/C24H23N3O3/c1-26(17-7-3-2-4-8-17)19-10-6-5-9-18(19)25-20(28)14-27-23(29)21-15-11-12-16(13-15)22(21)24(27)30/h2-12,15-16,21-22H,13-14H2,1H3,(H,25,28)/t15-,16-,21+,22+/m0/s1. The lowest BCUT2D eigenvalue weighted by molar-refractivity contribution is -0.143. The number of benzene rings is 2. The smallest absolute Gasteiger partial charge is 0.244 e. The predicted octanol–water partition coefficient (Wildman–Crippen LogP) is 3.20. The van der Waals surface area contributed by atoms with Gasteiger partial charge in [0.15, 0.2) is 0 Å². The summed E-state index contributed by atoms with van der Waals surface area (Å²) in [5, 5.41) is 2.89. The van der Waals surface area contributed by atoms with Crippen LogP contribution in [0.2, 0.25) is 0 Å². The summed E-state index contributed by atoms with van der Waals surface area (Å²) < 4.78 is 0. The van der Waals surface area contributed by atoms with Crippen molar-refractivity contribution in [3.05, 3.63) is 66.7 Å². The second-order valence-corrected chi connectivity index (χ2v) is 8.22. The molecule has 0 unspecified atom stereocenters. The Morgan fingerprint density at radius 2 is 1.57 bits per heavy atom. The molecule has 1 N–H and O–H groups in total. The van der Waals surface area contributed by atoms with E-state index in [1.165, 1.54) is 0 Å². The zero-order valence-electron chi connectivity index (χ0n) is 16.7. The quantitative estimate of drug-likeness (QED) is 0.617. The highest BCUT2D eigenvalue weighted by molar-refractivity contribution is 6.10. The van der Waals surface area contributed by atoms with Gasteiger partial charge in [0.2, 0.25) is 17.7 Å². The van der Waals surface area contributed by atoms with E-state index >= 15 is 0 Å². The number of rotatable bonds is 5. The van der Waals surface area contributed by atoms with E-state index in [2.05, 4.69) is 17.5 Å². The molecule has 0 spiro atoms. The lowest BCUT2D eigenvalue weighted by atomic mass is 9.85. The summed E-state index contributed by atoms with van der Waals surface area (Å²) >= 11 is 0. The van der Waals surface area contributed by atoms with E-state index in [1.54, 1.807) is 0 Å². The largest absolute Gasteiger partial charge is 0.343 e. The molecule has 30 heavy (non-hydrogen) atoms. The average Bonchev–Trinajstić information content (AvgIpc) is 3.44. The third-order valence-electron chi connectivity index (χ3n) is 6.55. The zero-order chi connectivity index (χ0) is 20.8. The molecule has 2 aromatic rings. The summed E-state index contributed by atoms with van der Waals surface area (Å²) in [7, 11) is 1.93. The number of likely N-dealkylation sites (tertiary alicyclic amines) is 1. The van der Waals surface area contributed by atoms with Crippen LogP contribution < -0.4 is 10.2 Å². The number of anilines is 3. The Balaban J connectivity index is 1.31. The fourth-order valence-corrected chi connectivity index (χ4v) is 5.12. The number of hydrogen-bond acceptors (Lipinski definition) is 4. The molecule has 2 aliphatic carbocycles. The van der Waals surface area contributed by atoms with Gasteiger partial charge in [0.05, 0.1) is 23.2 Å². The van der Waals surface area contributed by atoms with E-state index in [-0.39, 0.29) is 47.9 Å². The van der Waals surface area contributed by atoms with Crippen LogP contribution in [0.3, 0.4) is 0 Å². The van der Waals surface area contributed by atoms with E-state index in [9.17, 15) is 14.4 Å². The Kier molecular flexibility index (Phi) is 4.42. The maximum absolute atomic E-state index is 12.8. The topological polar surface area (TPSA) is 69.7 Å². The van der Waals surface area contributed by atoms with Crippen LogP contribution in [0.15, 0.2) is 66.7 Å². The van der Waals surface area contributed by atoms with Gasteiger partial charge in [-0.2, -0.15) is 0 Å². The predicted molar refractivity (Wildman–Crippen MR) is 114 cm³/mol. The van der Waals surface area contributed by atoms with Crippen molar-refractivity contribution in [1.29, 1.82) is 0 Å². The summed E-state index contributed by atoms with van der Waals surface area (Å²) in [4.78, 5) is 41.5. The molecule has 3 aliphatic rings. The minimum atomic E-state index is -0.370. The highest BCUT2D eigenvalue weighted by Gasteiger charge is 2.59. The van der Waals surface area contributed by atoms with Crippen molar-refractivity contribution in [1.82, 2.24) is 4.90 Å². The Hall–Kier alpha value is -3.41.